The summed E-state index contributed by atoms with van der Waals surface area (Å²) in [6.45, 7) is 1.63. The van der Waals surface area contributed by atoms with E-state index < -0.39 is 5.41 Å². The van der Waals surface area contributed by atoms with Crippen LogP contribution in [0.3, 0.4) is 0 Å². The third kappa shape index (κ3) is 0.818. The third-order valence-electron chi connectivity index (χ3n) is 2.35. The first-order valence-electron chi connectivity index (χ1n) is 3.84. The molecule has 0 aromatic rings. The standard InChI is InChI=1S/C7H11N3O/c8-5(11)7(1-2-7)6-9-3-4-10-6/h1-4H2,(H2,8,11)(H,9,10). The Morgan fingerprint density at radius 1 is 1.64 bits per heavy atom. The molecule has 1 aliphatic carbocycles. The number of nitrogens with two attached hydrogens (primary N) is 1. The molecule has 2 rings (SSSR count). The molecule has 60 valence electrons. The Morgan fingerprint density at radius 2 is 2.36 bits per heavy atom. The molecular formula is C7H11N3O. The first-order chi connectivity index (χ1) is 5.26. The van der Waals surface area contributed by atoms with Crippen LogP contribution < -0.4 is 11.1 Å². The highest BCUT2D eigenvalue weighted by atomic mass is 16.1. The quantitative estimate of drug-likeness (QED) is 0.548. The highest BCUT2D eigenvalue weighted by Crippen LogP contribution is 2.46. The second-order valence-electron chi connectivity index (χ2n) is 3.10. The minimum Gasteiger partial charge on any atom is -0.371 e. The minimum atomic E-state index is -0.392. The van der Waals surface area contributed by atoms with Crippen molar-refractivity contribution >= 4 is 11.7 Å². The van der Waals surface area contributed by atoms with Gasteiger partial charge in [-0.25, -0.2) is 0 Å². The Hall–Kier alpha value is -1.06. The van der Waals surface area contributed by atoms with Crippen LogP contribution >= 0.6 is 0 Å². The topological polar surface area (TPSA) is 67.5 Å². The summed E-state index contributed by atoms with van der Waals surface area (Å²) in [5, 5.41) is 3.09. The highest BCUT2D eigenvalue weighted by molar-refractivity contribution is 6.10. The number of rotatable bonds is 2. The maximum atomic E-state index is 11.0. The number of carbonyl (C=O) groups excluding carboxylic acids is 1. The van der Waals surface area contributed by atoms with Gasteiger partial charge in [0, 0.05) is 6.54 Å². The van der Waals surface area contributed by atoms with E-state index in [1.807, 2.05) is 0 Å². The second kappa shape index (κ2) is 1.96. The molecule has 1 heterocycles. The minimum absolute atomic E-state index is 0.231. The van der Waals surface area contributed by atoms with Crippen molar-refractivity contribution in [2.45, 2.75) is 12.8 Å². The van der Waals surface area contributed by atoms with Crippen LogP contribution in [0.5, 0.6) is 0 Å². The molecule has 3 N–H and O–H groups in total. The fourth-order valence-corrected chi connectivity index (χ4v) is 1.44. The van der Waals surface area contributed by atoms with Gasteiger partial charge in [0.2, 0.25) is 5.91 Å². The lowest BCUT2D eigenvalue weighted by Gasteiger charge is -2.10. The van der Waals surface area contributed by atoms with Crippen LogP contribution in [0.2, 0.25) is 0 Å². The molecule has 4 heteroatoms. The summed E-state index contributed by atoms with van der Waals surface area (Å²) in [5.74, 6) is 0.593. The Kier molecular flexibility index (Phi) is 1.19. The molecule has 1 saturated carbocycles. The van der Waals surface area contributed by atoms with E-state index in [0.717, 1.165) is 31.8 Å². The van der Waals surface area contributed by atoms with E-state index in [-0.39, 0.29) is 5.91 Å². The van der Waals surface area contributed by atoms with Crippen LogP contribution in [0.15, 0.2) is 4.99 Å². The lowest BCUT2D eigenvalue weighted by Crippen LogP contribution is -2.38. The van der Waals surface area contributed by atoms with Gasteiger partial charge in [-0.05, 0) is 12.8 Å². The summed E-state index contributed by atoms with van der Waals surface area (Å²) < 4.78 is 0. The number of amides is 1. The van der Waals surface area contributed by atoms with E-state index in [9.17, 15) is 4.79 Å². The van der Waals surface area contributed by atoms with Gasteiger partial charge in [0.15, 0.2) is 0 Å². The van der Waals surface area contributed by atoms with E-state index in [4.69, 9.17) is 5.73 Å². The van der Waals surface area contributed by atoms with Crippen LogP contribution in [-0.4, -0.2) is 24.8 Å². The van der Waals surface area contributed by atoms with E-state index in [1.165, 1.54) is 0 Å². The second-order valence-corrected chi connectivity index (χ2v) is 3.10. The Labute approximate surface area is 64.9 Å². The molecule has 2 aliphatic rings. The Morgan fingerprint density at radius 3 is 2.73 bits per heavy atom. The van der Waals surface area contributed by atoms with E-state index >= 15 is 0 Å². The first-order valence-corrected chi connectivity index (χ1v) is 3.84. The van der Waals surface area contributed by atoms with Gasteiger partial charge in [0.25, 0.3) is 0 Å². The number of carbonyl (C=O) groups is 1. The van der Waals surface area contributed by atoms with E-state index in [0.29, 0.717) is 0 Å². The van der Waals surface area contributed by atoms with Crippen LogP contribution in [-0.2, 0) is 4.79 Å². The number of hydrogen-bond acceptors (Lipinski definition) is 3. The van der Waals surface area contributed by atoms with Crippen LogP contribution in [0.1, 0.15) is 12.8 Å². The lowest BCUT2D eigenvalue weighted by molar-refractivity contribution is -0.120. The Balaban J connectivity index is 2.20. The van der Waals surface area contributed by atoms with Gasteiger partial charge in [-0.15, -0.1) is 0 Å². The number of nitrogens with zero attached hydrogens (tertiary/aromatic N) is 1. The highest BCUT2D eigenvalue weighted by Gasteiger charge is 2.53. The molecule has 0 bridgehead atoms. The van der Waals surface area contributed by atoms with Crippen molar-refractivity contribution in [2.24, 2.45) is 16.1 Å². The predicted molar refractivity (Wildman–Crippen MR) is 41.2 cm³/mol. The molecule has 4 nitrogen and oxygen atoms in total. The van der Waals surface area contributed by atoms with Crippen molar-refractivity contribution in [3.63, 3.8) is 0 Å². The van der Waals surface area contributed by atoms with Gasteiger partial charge in [0.05, 0.1) is 6.54 Å². The summed E-state index contributed by atoms with van der Waals surface area (Å²) in [6.07, 6.45) is 1.74. The molecular weight excluding hydrogens is 142 g/mol. The van der Waals surface area contributed by atoms with E-state index in [2.05, 4.69) is 10.3 Å². The van der Waals surface area contributed by atoms with Crippen molar-refractivity contribution in [3.05, 3.63) is 0 Å². The molecule has 0 aromatic carbocycles. The fraction of sp³-hybridized carbons (Fsp3) is 0.714. The zero-order chi connectivity index (χ0) is 7.90. The van der Waals surface area contributed by atoms with Crippen molar-refractivity contribution < 1.29 is 4.79 Å². The molecule has 0 radical (unpaired) electrons. The van der Waals surface area contributed by atoms with Crippen molar-refractivity contribution in [3.8, 4) is 0 Å². The van der Waals surface area contributed by atoms with E-state index in [1.54, 1.807) is 0 Å². The number of amidine groups is 1. The normalized spacial score (nSPS) is 25.6. The van der Waals surface area contributed by atoms with Crippen molar-refractivity contribution in [2.75, 3.05) is 13.1 Å². The largest absolute Gasteiger partial charge is 0.371 e. The predicted octanol–water partition coefficient (Wildman–Crippen LogP) is -0.746. The molecule has 1 fully saturated rings. The van der Waals surface area contributed by atoms with Crippen molar-refractivity contribution in [1.82, 2.24) is 5.32 Å². The average molecular weight is 153 g/mol. The number of aliphatic imine (C=N–C) groups is 1. The maximum absolute atomic E-state index is 11.0. The summed E-state index contributed by atoms with van der Waals surface area (Å²) in [6, 6.07) is 0. The van der Waals surface area contributed by atoms with Gasteiger partial charge in [-0.3, -0.25) is 9.79 Å². The molecule has 0 aromatic heterocycles. The molecule has 0 spiro atoms. The van der Waals surface area contributed by atoms with Crippen LogP contribution in [0.4, 0.5) is 0 Å². The van der Waals surface area contributed by atoms with Crippen molar-refractivity contribution in [1.29, 1.82) is 0 Å². The Bertz CT molecular complexity index is 230. The molecule has 1 aliphatic heterocycles. The summed E-state index contributed by atoms with van der Waals surface area (Å²) >= 11 is 0. The molecule has 0 atom stereocenters. The molecule has 11 heavy (non-hydrogen) atoms. The van der Waals surface area contributed by atoms with Crippen LogP contribution in [0.25, 0.3) is 0 Å². The zero-order valence-corrected chi connectivity index (χ0v) is 6.26. The SMILES string of the molecule is NC(=O)C1(C2=NCCN2)CC1. The van der Waals surface area contributed by atoms with Gasteiger partial charge in [0.1, 0.15) is 11.3 Å². The molecule has 1 amide bonds. The molecule has 0 saturated heterocycles. The number of primary amides is 1. The average Bonchev–Trinajstić information content (AvgIpc) is 2.61. The van der Waals surface area contributed by atoms with Gasteiger partial charge in [-0.1, -0.05) is 0 Å². The maximum Gasteiger partial charge on any atom is 0.231 e. The third-order valence-corrected chi connectivity index (χ3v) is 2.35. The summed E-state index contributed by atoms with van der Waals surface area (Å²) in [4.78, 5) is 15.2. The van der Waals surface area contributed by atoms with Crippen LogP contribution in [0, 0.1) is 5.41 Å². The summed E-state index contributed by atoms with van der Waals surface area (Å²) in [5.41, 5.74) is 4.86. The summed E-state index contributed by atoms with van der Waals surface area (Å²) in [7, 11) is 0. The smallest absolute Gasteiger partial charge is 0.231 e. The zero-order valence-electron chi connectivity index (χ0n) is 6.26. The first kappa shape index (κ1) is 6.64. The molecule has 0 unspecified atom stereocenters. The monoisotopic (exact) mass is 153 g/mol. The lowest BCUT2D eigenvalue weighted by atomic mass is 10.1. The fourth-order valence-electron chi connectivity index (χ4n) is 1.44. The van der Waals surface area contributed by atoms with Gasteiger partial charge in [-0.2, -0.15) is 0 Å². The van der Waals surface area contributed by atoms with Gasteiger partial charge >= 0.3 is 0 Å². The van der Waals surface area contributed by atoms with Gasteiger partial charge < -0.3 is 11.1 Å². The number of nitrogens with one attached hydrogen (secondary N) is 1. The number of hydrogen-bond donors (Lipinski definition) is 2.